The molecule has 2 aromatic heterocycles. The van der Waals surface area contributed by atoms with Crippen LogP contribution >= 0.6 is 0 Å². The monoisotopic (exact) mass is 317 g/mol. The van der Waals surface area contributed by atoms with Crippen LogP contribution in [0.1, 0.15) is 13.3 Å². The third-order valence-electron chi connectivity index (χ3n) is 4.15. The van der Waals surface area contributed by atoms with Gasteiger partial charge in [0.2, 0.25) is 0 Å². The third kappa shape index (κ3) is 3.35. The molecule has 0 radical (unpaired) electrons. The van der Waals surface area contributed by atoms with Crippen molar-refractivity contribution in [2.45, 2.75) is 19.4 Å². The molecule has 0 bridgehead atoms. The van der Waals surface area contributed by atoms with Crippen molar-refractivity contribution in [2.75, 3.05) is 10.6 Å². The number of nitrogens with zero attached hydrogens (tertiary/aromatic N) is 3. The minimum absolute atomic E-state index is 0.511. The van der Waals surface area contributed by atoms with Gasteiger partial charge in [-0.3, -0.25) is 4.98 Å². The van der Waals surface area contributed by atoms with Crippen LogP contribution in [0.25, 0.3) is 11.4 Å². The SMILES string of the molecule is CC1CC1Nc1cc(Nc2ccncc2)nc(-c2ccccc2)n1. The Labute approximate surface area is 141 Å². The Hall–Kier alpha value is -2.95. The van der Waals surface area contributed by atoms with E-state index < -0.39 is 0 Å². The molecule has 0 amide bonds. The summed E-state index contributed by atoms with van der Waals surface area (Å²) in [5.74, 6) is 3.04. The predicted octanol–water partition coefficient (Wildman–Crippen LogP) is 4.10. The molecule has 2 heterocycles. The highest BCUT2D eigenvalue weighted by molar-refractivity contribution is 5.65. The van der Waals surface area contributed by atoms with Crippen molar-refractivity contribution in [3.05, 3.63) is 60.9 Å². The summed E-state index contributed by atoms with van der Waals surface area (Å²) < 4.78 is 0. The highest BCUT2D eigenvalue weighted by Crippen LogP contribution is 2.33. The molecule has 1 aliphatic rings. The van der Waals surface area contributed by atoms with E-state index in [0.29, 0.717) is 17.8 Å². The van der Waals surface area contributed by atoms with Crippen molar-refractivity contribution in [3.8, 4) is 11.4 Å². The van der Waals surface area contributed by atoms with Gasteiger partial charge in [0, 0.05) is 35.8 Å². The Morgan fingerprint density at radius 3 is 2.38 bits per heavy atom. The Kier molecular flexibility index (Phi) is 3.83. The Balaban J connectivity index is 1.68. The fraction of sp³-hybridized carbons (Fsp3) is 0.211. The average Bonchev–Trinajstić information content (AvgIpc) is 3.31. The number of aromatic nitrogens is 3. The topological polar surface area (TPSA) is 62.7 Å². The molecule has 24 heavy (non-hydrogen) atoms. The molecule has 2 N–H and O–H groups in total. The highest BCUT2D eigenvalue weighted by Gasteiger charge is 2.32. The van der Waals surface area contributed by atoms with Crippen LogP contribution in [0.15, 0.2) is 60.9 Å². The van der Waals surface area contributed by atoms with Crippen molar-refractivity contribution in [1.29, 1.82) is 0 Å². The van der Waals surface area contributed by atoms with Gasteiger partial charge in [-0.1, -0.05) is 37.3 Å². The summed E-state index contributed by atoms with van der Waals surface area (Å²) in [7, 11) is 0. The first kappa shape index (κ1) is 14.6. The molecule has 1 aliphatic carbocycles. The summed E-state index contributed by atoms with van der Waals surface area (Å²) in [5, 5.41) is 6.83. The Morgan fingerprint density at radius 2 is 1.67 bits per heavy atom. The fourth-order valence-corrected chi connectivity index (χ4v) is 2.60. The zero-order valence-electron chi connectivity index (χ0n) is 13.5. The van der Waals surface area contributed by atoms with Gasteiger partial charge in [-0.2, -0.15) is 0 Å². The van der Waals surface area contributed by atoms with Gasteiger partial charge in [-0.15, -0.1) is 0 Å². The molecule has 3 aromatic rings. The van der Waals surface area contributed by atoms with Crippen LogP contribution in [0, 0.1) is 5.92 Å². The maximum absolute atomic E-state index is 4.69. The lowest BCUT2D eigenvalue weighted by Crippen LogP contribution is -2.08. The predicted molar refractivity (Wildman–Crippen MR) is 96.2 cm³/mol. The van der Waals surface area contributed by atoms with E-state index >= 15 is 0 Å². The van der Waals surface area contributed by atoms with Crippen LogP contribution < -0.4 is 10.6 Å². The van der Waals surface area contributed by atoms with Crippen molar-refractivity contribution in [2.24, 2.45) is 5.92 Å². The first-order valence-electron chi connectivity index (χ1n) is 8.16. The lowest BCUT2D eigenvalue weighted by Gasteiger charge is -2.11. The van der Waals surface area contributed by atoms with Crippen molar-refractivity contribution < 1.29 is 0 Å². The van der Waals surface area contributed by atoms with E-state index in [1.165, 1.54) is 6.42 Å². The molecule has 1 saturated carbocycles. The number of rotatable bonds is 5. The van der Waals surface area contributed by atoms with E-state index in [1.54, 1.807) is 12.4 Å². The van der Waals surface area contributed by atoms with Gasteiger partial charge in [0.1, 0.15) is 11.6 Å². The number of benzene rings is 1. The molecule has 5 heteroatoms. The van der Waals surface area contributed by atoms with E-state index in [4.69, 9.17) is 0 Å². The van der Waals surface area contributed by atoms with E-state index in [1.807, 2.05) is 48.5 Å². The fourth-order valence-electron chi connectivity index (χ4n) is 2.60. The van der Waals surface area contributed by atoms with Crippen LogP contribution in [-0.4, -0.2) is 21.0 Å². The molecule has 2 atom stereocenters. The number of hydrogen-bond acceptors (Lipinski definition) is 5. The van der Waals surface area contributed by atoms with E-state index in [-0.39, 0.29) is 0 Å². The van der Waals surface area contributed by atoms with Gasteiger partial charge in [-0.05, 0) is 24.5 Å². The van der Waals surface area contributed by atoms with Gasteiger partial charge < -0.3 is 10.6 Å². The average molecular weight is 317 g/mol. The summed E-state index contributed by atoms with van der Waals surface area (Å²) >= 11 is 0. The molecular weight excluding hydrogens is 298 g/mol. The van der Waals surface area contributed by atoms with Crippen LogP contribution in [0.3, 0.4) is 0 Å². The molecule has 1 fully saturated rings. The molecule has 0 aliphatic heterocycles. The van der Waals surface area contributed by atoms with E-state index in [2.05, 4.69) is 32.5 Å². The zero-order valence-corrected chi connectivity index (χ0v) is 13.5. The van der Waals surface area contributed by atoms with Crippen LogP contribution in [-0.2, 0) is 0 Å². The van der Waals surface area contributed by atoms with Crippen LogP contribution in [0.4, 0.5) is 17.3 Å². The summed E-state index contributed by atoms with van der Waals surface area (Å²) in [4.78, 5) is 13.4. The second kappa shape index (κ2) is 6.28. The largest absolute Gasteiger partial charge is 0.367 e. The van der Waals surface area contributed by atoms with Gasteiger partial charge in [0.15, 0.2) is 5.82 Å². The summed E-state index contributed by atoms with van der Waals surface area (Å²) in [6.07, 6.45) is 4.71. The molecule has 5 nitrogen and oxygen atoms in total. The molecule has 4 rings (SSSR count). The molecule has 120 valence electrons. The van der Waals surface area contributed by atoms with Gasteiger partial charge >= 0.3 is 0 Å². The molecule has 0 saturated heterocycles. The van der Waals surface area contributed by atoms with Gasteiger partial charge in [-0.25, -0.2) is 9.97 Å². The molecule has 0 spiro atoms. The maximum Gasteiger partial charge on any atom is 0.163 e. The minimum Gasteiger partial charge on any atom is -0.367 e. The van der Waals surface area contributed by atoms with Crippen molar-refractivity contribution >= 4 is 17.3 Å². The molecular formula is C19H19N5. The first-order valence-corrected chi connectivity index (χ1v) is 8.16. The lowest BCUT2D eigenvalue weighted by molar-refractivity contribution is 0.922. The molecule has 1 aromatic carbocycles. The quantitative estimate of drug-likeness (QED) is 0.741. The highest BCUT2D eigenvalue weighted by atomic mass is 15.1. The van der Waals surface area contributed by atoms with Gasteiger partial charge in [0.05, 0.1) is 0 Å². The van der Waals surface area contributed by atoms with Crippen LogP contribution in [0.2, 0.25) is 0 Å². The number of pyridine rings is 1. The molecule has 2 unspecified atom stereocenters. The number of hydrogen-bond donors (Lipinski definition) is 2. The van der Waals surface area contributed by atoms with E-state index in [0.717, 1.165) is 22.9 Å². The minimum atomic E-state index is 0.511. The van der Waals surface area contributed by atoms with Crippen molar-refractivity contribution in [3.63, 3.8) is 0 Å². The number of nitrogens with one attached hydrogen (secondary N) is 2. The number of anilines is 3. The summed E-state index contributed by atoms with van der Waals surface area (Å²) in [5.41, 5.74) is 1.95. The second-order valence-electron chi connectivity index (χ2n) is 6.15. The summed E-state index contributed by atoms with van der Waals surface area (Å²) in [6, 6.07) is 16.3. The zero-order chi connectivity index (χ0) is 16.4. The second-order valence-corrected chi connectivity index (χ2v) is 6.15. The van der Waals surface area contributed by atoms with Crippen LogP contribution in [0.5, 0.6) is 0 Å². The van der Waals surface area contributed by atoms with Crippen molar-refractivity contribution in [1.82, 2.24) is 15.0 Å². The third-order valence-corrected chi connectivity index (χ3v) is 4.15. The first-order chi connectivity index (χ1) is 11.8. The normalized spacial score (nSPS) is 18.9. The lowest BCUT2D eigenvalue weighted by atomic mass is 10.2. The van der Waals surface area contributed by atoms with Gasteiger partial charge in [0.25, 0.3) is 0 Å². The Morgan fingerprint density at radius 1 is 0.958 bits per heavy atom. The summed E-state index contributed by atoms with van der Waals surface area (Å²) in [6.45, 7) is 2.24. The standard InChI is InChI=1S/C19H19N5/c1-13-11-16(13)22-18-12-17(21-15-7-9-20-10-8-15)23-19(24-18)14-5-3-2-4-6-14/h2-10,12-13,16H,11H2,1H3,(H2,20,21,22,23,24). The Bertz CT molecular complexity index is 820. The smallest absolute Gasteiger partial charge is 0.163 e. The van der Waals surface area contributed by atoms with E-state index in [9.17, 15) is 0 Å². The maximum atomic E-state index is 4.69.